The number of rotatable bonds is 10. The Morgan fingerprint density at radius 2 is 1.44 bits per heavy atom. The van der Waals surface area contributed by atoms with E-state index < -0.39 is 8.32 Å². The lowest BCUT2D eigenvalue weighted by atomic mass is 9.94. The molecule has 2 aromatic rings. The van der Waals surface area contributed by atoms with Crippen molar-refractivity contribution in [2.45, 2.75) is 83.5 Å². The van der Waals surface area contributed by atoms with Crippen LogP contribution in [0, 0.1) is 0 Å². The number of piperidine rings is 1. The summed E-state index contributed by atoms with van der Waals surface area (Å²) in [6.45, 7) is 14.6. The Morgan fingerprint density at radius 1 is 0.906 bits per heavy atom. The molecule has 0 radical (unpaired) electrons. The topological polar surface area (TPSA) is 30.5 Å². The molecule has 0 spiro atoms. The van der Waals surface area contributed by atoms with Crippen LogP contribution in [0.3, 0.4) is 0 Å². The Labute approximate surface area is 197 Å². The highest BCUT2D eigenvalue weighted by Gasteiger charge is 2.50. The van der Waals surface area contributed by atoms with E-state index in [0.29, 0.717) is 0 Å². The smallest absolute Gasteiger partial charge is 0.261 e. The normalized spacial score (nSPS) is 17.8. The van der Waals surface area contributed by atoms with Gasteiger partial charge >= 0.3 is 0 Å². The van der Waals surface area contributed by atoms with Crippen molar-refractivity contribution in [3.05, 3.63) is 60.7 Å². The molecule has 1 fully saturated rings. The van der Waals surface area contributed by atoms with Crippen molar-refractivity contribution in [2.75, 3.05) is 19.7 Å². The van der Waals surface area contributed by atoms with Gasteiger partial charge in [-0.05, 0) is 74.5 Å². The molecule has 0 saturated carbocycles. The third kappa shape index (κ3) is 6.10. The van der Waals surface area contributed by atoms with Crippen LogP contribution in [0.15, 0.2) is 60.7 Å². The first-order valence-electron chi connectivity index (χ1n) is 12.4. The van der Waals surface area contributed by atoms with Gasteiger partial charge < -0.3 is 14.5 Å². The summed E-state index contributed by atoms with van der Waals surface area (Å²) in [6.07, 6.45) is 5.72. The Balaban J connectivity index is 1.67. The quantitative estimate of drug-likeness (QED) is 0.392. The molecule has 176 valence electrons. The molecule has 1 aliphatic rings. The SMILES string of the molecule is CC(CCCCOC1(C)CCNCC1)O[Si](c1ccccc1)(c1ccccc1)C(C)(C)C. The highest BCUT2D eigenvalue weighted by Crippen LogP contribution is 2.38. The molecule has 2 aromatic carbocycles. The summed E-state index contributed by atoms with van der Waals surface area (Å²) in [7, 11) is -2.46. The fourth-order valence-electron chi connectivity index (χ4n) is 5.00. The lowest BCUT2D eigenvalue weighted by molar-refractivity contribution is -0.0532. The molecule has 3 rings (SSSR count). The number of ether oxygens (including phenoxy) is 1. The Kier molecular flexibility index (Phi) is 8.73. The van der Waals surface area contributed by atoms with Gasteiger partial charge in [-0.15, -0.1) is 0 Å². The minimum atomic E-state index is -2.46. The molecule has 0 aromatic heterocycles. The van der Waals surface area contributed by atoms with E-state index in [-0.39, 0.29) is 16.7 Å². The summed E-state index contributed by atoms with van der Waals surface area (Å²) in [6, 6.07) is 21.9. The summed E-state index contributed by atoms with van der Waals surface area (Å²) in [5.74, 6) is 0. The van der Waals surface area contributed by atoms with Crippen LogP contribution in [0.25, 0.3) is 0 Å². The van der Waals surface area contributed by atoms with Gasteiger partial charge in [-0.25, -0.2) is 0 Å². The number of hydrogen-bond donors (Lipinski definition) is 1. The third-order valence-corrected chi connectivity index (χ3v) is 12.1. The molecule has 0 bridgehead atoms. The molecule has 4 heteroatoms. The highest BCUT2D eigenvalue weighted by atomic mass is 28.4. The Bertz CT molecular complexity index is 758. The standard InChI is InChI=1S/C28H43NO2Si/c1-24(14-12-13-23-30-28(5)19-21-29-22-20-28)31-32(27(2,3)4,25-15-8-6-9-16-25)26-17-10-7-11-18-26/h6-11,15-18,24,29H,12-14,19-23H2,1-5H3. The maximum atomic E-state index is 7.18. The average molecular weight is 454 g/mol. The van der Waals surface area contributed by atoms with Crippen molar-refractivity contribution >= 4 is 18.7 Å². The summed E-state index contributed by atoms with van der Waals surface area (Å²) in [4.78, 5) is 0. The van der Waals surface area contributed by atoms with Crippen molar-refractivity contribution in [3.63, 3.8) is 0 Å². The molecule has 3 nitrogen and oxygen atoms in total. The number of nitrogens with one attached hydrogen (secondary N) is 1. The second kappa shape index (κ2) is 11.1. The van der Waals surface area contributed by atoms with Gasteiger partial charge in [0.1, 0.15) is 0 Å². The van der Waals surface area contributed by atoms with Gasteiger partial charge in [0.05, 0.1) is 5.60 Å². The number of unbranched alkanes of at least 4 members (excludes halogenated alkanes) is 1. The van der Waals surface area contributed by atoms with Crippen LogP contribution in [0.4, 0.5) is 0 Å². The largest absolute Gasteiger partial charge is 0.405 e. The van der Waals surface area contributed by atoms with E-state index in [0.717, 1.165) is 51.8 Å². The van der Waals surface area contributed by atoms with Gasteiger partial charge in [0.15, 0.2) is 0 Å². The molecular formula is C28H43NO2Si. The van der Waals surface area contributed by atoms with Crippen LogP contribution in [0.1, 0.15) is 66.7 Å². The van der Waals surface area contributed by atoms with Crippen LogP contribution >= 0.6 is 0 Å². The zero-order valence-corrected chi connectivity index (χ0v) is 21.8. The van der Waals surface area contributed by atoms with Gasteiger partial charge in [-0.3, -0.25) is 0 Å². The molecule has 0 amide bonds. The van der Waals surface area contributed by atoms with Crippen LogP contribution in [0.5, 0.6) is 0 Å². The van der Waals surface area contributed by atoms with Crippen LogP contribution < -0.4 is 15.7 Å². The van der Waals surface area contributed by atoms with E-state index in [1.165, 1.54) is 10.4 Å². The minimum absolute atomic E-state index is 0.0245. The zero-order chi connectivity index (χ0) is 23.1. The van der Waals surface area contributed by atoms with Crippen LogP contribution in [-0.2, 0) is 9.16 Å². The summed E-state index contributed by atoms with van der Waals surface area (Å²) < 4.78 is 13.5. The molecule has 32 heavy (non-hydrogen) atoms. The molecule has 1 saturated heterocycles. The highest BCUT2D eigenvalue weighted by molar-refractivity contribution is 6.99. The van der Waals surface area contributed by atoms with Crippen molar-refractivity contribution in [3.8, 4) is 0 Å². The van der Waals surface area contributed by atoms with Crippen LogP contribution in [0.2, 0.25) is 5.04 Å². The maximum absolute atomic E-state index is 7.18. The summed E-state index contributed by atoms with van der Waals surface area (Å²) in [5, 5.41) is 6.16. The molecule has 1 atom stereocenters. The Hall–Kier alpha value is -1.46. The molecule has 0 aliphatic carbocycles. The second-order valence-electron chi connectivity index (χ2n) is 10.6. The third-order valence-electron chi connectivity index (χ3n) is 6.91. The molecule has 1 N–H and O–H groups in total. The van der Waals surface area contributed by atoms with E-state index in [2.05, 4.69) is 101 Å². The monoisotopic (exact) mass is 453 g/mol. The van der Waals surface area contributed by atoms with Crippen molar-refractivity contribution in [1.82, 2.24) is 5.32 Å². The van der Waals surface area contributed by atoms with E-state index in [1.54, 1.807) is 0 Å². The minimum Gasteiger partial charge on any atom is -0.405 e. The van der Waals surface area contributed by atoms with Gasteiger partial charge in [-0.1, -0.05) is 81.4 Å². The first-order valence-corrected chi connectivity index (χ1v) is 14.3. The molecule has 1 aliphatic heterocycles. The van der Waals surface area contributed by atoms with E-state index >= 15 is 0 Å². The first-order chi connectivity index (χ1) is 15.3. The fraction of sp³-hybridized carbons (Fsp3) is 0.571. The Morgan fingerprint density at radius 3 is 1.94 bits per heavy atom. The average Bonchev–Trinajstić information content (AvgIpc) is 2.78. The van der Waals surface area contributed by atoms with Crippen molar-refractivity contribution < 1.29 is 9.16 Å². The molecule has 1 unspecified atom stereocenters. The summed E-state index contributed by atoms with van der Waals surface area (Å²) >= 11 is 0. The van der Waals surface area contributed by atoms with Gasteiger partial charge in [0.2, 0.25) is 0 Å². The second-order valence-corrected chi connectivity index (χ2v) is 14.9. The number of hydrogen-bond acceptors (Lipinski definition) is 3. The van der Waals surface area contributed by atoms with E-state index in [9.17, 15) is 0 Å². The van der Waals surface area contributed by atoms with E-state index in [4.69, 9.17) is 9.16 Å². The van der Waals surface area contributed by atoms with Gasteiger partial charge in [0.25, 0.3) is 8.32 Å². The predicted octanol–water partition coefficient (Wildman–Crippen LogP) is 5.28. The zero-order valence-electron chi connectivity index (χ0n) is 20.8. The molecule has 1 heterocycles. The van der Waals surface area contributed by atoms with Gasteiger partial charge in [0, 0.05) is 12.7 Å². The van der Waals surface area contributed by atoms with Gasteiger partial charge in [-0.2, -0.15) is 0 Å². The predicted molar refractivity (Wildman–Crippen MR) is 138 cm³/mol. The van der Waals surface area contributed by atoms with E-state index in [1.807, 2.05) is 0 Å². The van der Waals surface area contributed by atoms with Crippen molar-refractivity contribution in [2.24, 2.45) is 0 Å². The first kappa shape index (κ1) is 25.2. The maximum Gasteiger partial charge on any atom is 0.261 e. The lowest BCUT2D eigenvalue weighted by Crippen LogP contribution is -2.67. The van der Waals surface area contributed by atoms with Crippen LogP contribution in [-0.4, -0.2) is 39.7 Å². The van der Waals surface area contributed by atoms with Crippen molar-refractivity contribution in [1.29, 1.82) is 0 Å². The summed E-state index contributed by atoms with van der Waals surface area (Å²) in [5.41, 5.74) is 0.0578. The molecular weight excluding hydrogens is 410 g/mol. The lowest BCUT2D eigenvalue weighted by Gasteiger charge is -2.44. The number of benzene rings is 2. The fourth-order valence-corrected chi connectivity index (χ4v) is 9.74.